The lowest BCUT2D eigenvalue weighted by molar-refractivity contribution is 0.247. The van der Waals surface area contributed by atoms with Gasteiger partial charge in [0, 0.05) is 11.6 Å². The van der Waals surface area contributed by atoms with Gasteiger partial charge in [-0.1, -0.05) is 48.0 Å². The number of hydrogen-bond donors (Lipinski definition) is 2. The normalized spacial score (nSPS) is 15.0. The summed E-state index contributed by atoms with van der Waals surface area (Å²) in [5.74, 6) is 0. The van der Waals surface area contributed by atoms with Crippen LogP contribution in [0.2, 0.25) is 0 Å². The maximum atomic E-state index is 12.5. The number of urea groups is 1. The number of carbonyl (C=O) groups excluding carboxylic acids is 1. The number of aromatic nitrogens is 1. The molecule has 0 saturated heterocycles. The largest absolute Gasteiger partial charge is 0.328 e. The number of carbonyl (C=O) groups is 1. The quantitative estimate of drug-likeness (QED) is 0.754. The lowest BCUT2D eigenvalue weighted by atomic mass is 10.0. The van der Waals surface area contributed by atoms with Gasteiger partial charge < -0.3 is 10.6 Å². The molecule has 2 N–H and O–H groups in total. The summed E-state index contributed by atoms with van der Waals surface area (Å²) in [6, 6.07) is 17.8. The van der Waals surface area contributed by atoms with Crippen molar-refractivity contribution >= 4 is 22.6 Å². The number of para-hydroxylation sites is 1. The molecule has 1 heterocycles. The molecule has 0 atom stereocenters. The first-order valence-electron chi connectivity index (χ1n) is 8.16. The summed E-state index contributed by atoms with van der Waals surface area (Å²) >= 11 is 0. The Bertz CT molecular complexity index is 893. The number of amides is 2. The van der Waals surface area contributed by atoms with E-state index in [-0.39, 0.29) is 11.6 Å². The van der Waals surface area contributed by atoms with Crippen molar-refractivity contribution in [2.24, 2.45) is 0 Å². The van der Waals surface area contributed by atoms with Crippen molar-refractivity contribution in [3.63, 3.8) is 0 Å². The van der Waals surface area contributed by atoms with Gasteiger partial charge in [-0.2, -0.15) is 0 Å². The number of nitrogens with zero attached hydrogens (tertiary/aromatic N) is 1. The third-order valence-corrected chi connectivity index (χ3v) is 4.59. The van der Waals surface area contributed by atoms with Gasteiger partial charge in [0.1, 0.15) is 0 Å². The molecular weight excluding hydrogens is 298 g/mol. The minimum absolute atomic E-state index is 0.189. The molecule has 1 aliphatic rings. The molecule has 3 aromatic rings. The van der Waals surface area contributed by atoms with E-state index in [9.17, 15) is 4.79 Å². The summed E-state index contributed by atoms with van der Waals surface area (Å²) < 4.78 is 0. The second-order valence-electron chi connectivity index (χ2n) is 6.41. The SMILES string of the molecule is Cc1ccc(C2(NC(=O)Nc3cccc4cccnc34)CC2)cc1. The number of rotatable bonds is 3. The summed E-state index contributed by atoms with van der Waals surface area (Å²) in [6.07, 6.45) is 3.68. The zero-order valence-corrected chi connectivity index (χ0v) is 13.5. The average Bonchev–Trinajstić information content (AvgIpc) is 3.36. The Balaban J connectivity index is 1.53. The van der Waals surface area contributed by atoms with Crippen LogP contribution in [-0.2, 0) is 5.54 Å². The highest BCUT2D eigenvalue weighted by atomic mass is 16.2. The zero-order valence-electron chi connectivity index (χ0n) is 13.5. The number of aryl methyl sites for hydroxylation is 1. The van der Waals surface area contributed by atoms with Crippen LogP contribution in [-0.4, -0.2) is 11.0 Å². The van der Waals surface area contributed by atoms with Gasteiger partial charge in [0.2, 0.25) is 0 Å². The molecule has 4 heteroatoms. The third-order valence-electron chi connectivity index (χ3n) is 4.59. The Hall–Kier alpha value is -2.88. The van der Waals surface area contributed by atoms with Gasteiger partial charge in [0.25, 0.3) is 0 Å². The predicted molar refractivity (Wildman–Crippen MR) is 96.0 cm³/mol. The molecule has 1 fully saturated rings. The summed E-state index contributed by atoms with van der Waals surface area (Å²) in [6.45, 7) is 2.07. The fraction of sp³-hybridized carbons (Fsp3) is 0.200. The first-order chi connectivity index (χ1) is 11.7. The number of nitrogens with one attached hydrogen (secondary N) is 2. The average molecular weight is 317 g/mol. The van der Waals surface area contributed by atoms with Crippen molar-refractivity contribution in [3.8, 4) is 0 Å². The summed E-state index contributed by atoms with van der Waals surface area (Å²) in [7, 11) is 0. The molecule has 1 aliphatic carbocycles. The van der Waals surface area contributed by atoms with Crippen LogP contribution < -0.4 is 10.6 Å². The van der Waals surface area contributed by atoms with E-state index in [1.807, 2.05) is 30.3 Å². The van der Waals surface area contributed by atoms with Gasteiger partial charge in [-0.25, -0.2) is 4.79 Å². The smallest absolute Gasteiger partial charge is 0.320 e. The molecule has 0 aliphatic heterocycles. The standard InChI is InChI=1S/C20H19N3O/c1-14-7-9-16(10-8-14)20(11-12-20)23-19(24)22-17-6-2-4-15-5-3-13-21-18(15)17/h2-10,13H,11-12H2,1H3,(H2,22,23,24). The monoisotopic (exact) mass is 317 g/mol. The molecule has 4 nitrogen and oxygen atoms in total. The molecule has 1 saturated carbocycles. The minimum atomic E-state index is -0.226. The van der Waals surface area contributed by atoms with Crippen LogP contribution in [0.4, 0.5) is 10.5 Å². The van der Waals surface area contributed by atoms with E-state index >= 15 is 0 Å². The number of benzene rings is 2. The molecule has 2 aromatic carbocycles. The highest BCUT2D eigenvalue weighted by Gasteiger charge is 2.45. The lowest BCUT2D eigenvalue weighted by Crippen LogP contribution is -2.38. The molecular formula is C20H19N3O. The van der Waals surface area contributed by atoms with Crippen molar-refractivity contribution in [1.29, 1.82) is 0 Å². The van der Waals surface area contributed by atoms with Crippen molar-refractivity contribution in [2.75, 3.05) is 5.32 Å². The van der Waals surface area contributed by atoms with E-state index < -0.39 is 0 Å². The Morgan fingerprint density at radius 2 is 1.79 bits per heavy atom. The maximum Gasteiger partial charge on any atom is 0.320 e. The maximum absolute atomic E-state index is 12.5. The molecule has 4 rings (SSSR count). The summed E-state index contributed by atoms with van der Waals surface area (Å²) in [5.41, 5.74) is 3.69. The van der Waals surface area contributed by atoms with E-state index in [0.29, 0.717) is 0 Å². The number of fused-ring (bicyclic) bond motifs is 1. The van der Waals surface area contributed by atoms with Crippen LogP contribution >= 0.6 is 0 Å². The topological polar surface area (TPSA) is 54.0 Å². The Labute approximate surface area is 140 Å². The molecule has 0 radical (unpaired) electrons. The van der Waals surface area contributed by atoms with E-state index in [1.165, 1.54) is 11.1 Å². The molecule has 2 amide bonds. The Kier molecular flexibility index (Phi) is 3.45. The first-order valence-corrected chi connectivity index (χ1v) is 8.16. The van der Waals surface area contributed by atoms with Crippen LogP contribution in [0.5, 0.6) is 0 Å². The second kappa shape index (κ2) is 5.64. The van der Waals surface area contributed by atoms with E-state index in [1.54, 1.807) is 6.20 Å². The van der Waals surface area contributed by atoms with E-state index in [4.69, 9.17) is 0 Å². The number of anilines is 1. The Morgan fingerprint density at radius 3 is 2.54 bits per heavy atom. The molecule has 24 heavy (non-hydrogen) atoms. The van der Waals surface area contributed by atoms with Crippen molar-refractivity contribution in [2.45, 2.75) is 25.3 Å². The molecule has 0 unspecified atom stereocenters. The molecule has 1 aromatic heterocycles. The van der Waals surface area contributed by atoms with Crippen LogP contribution in [0, 0.1) is 6.92 Å². The van der Waals surface area contributed by atoms with E-state index in [2.05, 4.69) is 46.8 Å². The van der Waals surface area contributed by atoms with Gasteiger partial charge >= 0.3 is 6.03 Å². The molecule has 120 valence electrons. The van der Waals surface area contributed by atoms with Crippen LogP contribution in [0.3, 0.4) is 0 Å². The van der Waals surface area contributed by atoms with Crippen LogP contribution in [0.25, 0.3) is 10.9 Å². The predicted octanol–water partition coefficient (Wildman–Crippen LogP) is 4.35. The number of pyridine rings is 1. The van der Waals surface area contributed by atoms with Crippen LogP contribution in [0.1, 0.15) is 24.0 Å². The highest BCUT2D eigenvalue weighted by molar-refractivity contribution is 5.99. The fourth-order valence-corrected chi connectivity index (χ4v) is 3.06. The minimum Gasteiger partial charge on any atom is -0.328 e. The van der Waals surface area contributed by atoms with Crippen LogP contribution in [0.15, 0.2) is 60.8 Å². The summed E-state index contributed by atoms with van der Waals surface area (Å²) in [4.78, 5) is 16.9. The van der Waals surface area contributed by atoms with Gasteiger partial charge in [-0.3, -0.25) is 4.98 Å². The lowest BCUT2D eigenvalue weighted by Gasteiger charge is -2.19. The third kappa shape index (κ3) is 2.71. The fourth-order valence-electron chi connectivity index (χ4n) is 3.06. The second-order valence-corrected chi connectivity index (χ2v) is 6.41. The van der Waals surface area contributed by atoms with Gasteiger partial charge in [-0.15, -0.1) is 0 Å². The number of hydrogen-bond acceptors (Lipinski definition) is 2. The van der Waals surface area contributed by atoms with Gasteiger partial charge in [-0.05, 0) is 37.5 Å². The van der Waals surface area contributed by atoms with Gasteiger partial charge in [0.05, 0.1) is 16.7 Å². The zero-order chi connectivity index (χ0) is 16.6. The van der Waals surface area contributed by atoms with Crippen molar-refractivity contribution in [1.82, 2.24) is 10.3 Å². The Morgan fingerprint density at radius 1 is 1.04 bits per heavy atom. The summed E-state index contributed by atoms with van der Waals surface area (Å²) in [5, 5.41) is 7.10. The van der Waals surface area contributed by atoms with E-state index in [0.717, 1.165) is 29.4 Å². The van der Waals surface area contributed by atoms with Crippen molar-refractivity contribution < 1.29 is 4.79 Å². The first kappa shape index (κ1) is 14.7. The van der Waals surface area contributed by atoms with Gasteiger partial charge in [0.15, 0.2) is 0 Å². The highest BCUT2D eigenvalue weighted by Crippen LogP contribution is 2.45. The molecule has 0 bridgehead atoms. The van der Waals surface area contributed by atoms with Crippen molar-refractivity contribution in [3.05, 3.63) is 71.9 Å². The molecule has 0 spiro atoms.